The van der Waals surface area contributed by atoms with E-state index in [1.54, 1.807) is 11.8 Å². The van der Waals surface area contributed by atoms with Crippen LogP contribution in [0.3, 0.4) is 0 Å². The highest BCUT2D eigenvalue weighted by atomic mass is 32.2. The Morgan fingerprint density at radius 2 is 1.58 bits per heavy atom. The number of para-hydroxylation sites is 1. The molecule has 0 fully saturated rings. The van der Waals surface area contributed by atoms with E-state index >= 15 is 0 Å². The van der Waals surface area contributed by atoms with Crippen molar-refractivity contribution in [1.29, 1.82) is 0 Å². The predicted molar refractivity (Wildman–Crippen MR) is 150 cm³/mol. The molecule has 4 aromatic carbocycles. The highest BCUT2D eigenvalue weighted by molar-refractivity contribution is 7.98. The average molecular weight is 519 g/mol. The summed E-state index contributed by atoms with van der Waals surface area (Å²) in [4.78, 5) is 4.76. The van der Waals surface area contributed by atoms with Gasteiger partial charge in [0.05, 0.1) is 0 Å². The number of anilines is 1. The molecular weight excluding hydrogens is 492 g/mol. The molecule has 0 spiro atoms. The molecule has 0 saturated carbocycles. The van der Waals surface area contributed by atoms with Crippen LogP contribution in [0.1, 0.15) is 28.5 Å². The first-order valence-corrected chi connectivity index (χ1v) is 13.4. The molecule has 0 amide bonds. The maximum absolute atomic E-state index is 6.42. The molecular formula is C31H26N4O2S. The molecule has 1 aromatic heterocycles. The van der Waals surface area contributed by atoms with Crippen molar-refractivity contribution >= 4 is 17.4 Å². The fourth-order valence-electron chi connectivity index (χ4n) is 4.17. The second-order valence-corrected chi connectivity index (χ2v) is 10.00. The summed E-state index contributed by atoms with van der Waals surface area (Å²) in [6.45, 7) is 2.60. The van der Waals surface area contributed by atoms with Gasteiger partial charge in [-0.1, -0.05) is 90.1 Å². The van der Waals surface area contributed by atoms with E-state index in [0.29, 0.717) is 23.3 Å². The molecule has 38 heavy (non-hydrogen) atoms. The fraction of sp³-hybridized carbons (Fsp3) is 0.129. The zero-order valence-electron chi connectivity index (χ0n) is 20.9. The van der Waals surface area contributed by atoms with Crippen LogP contribution in [0.5, 0.6) is 11.6 Å². The number of nitrogens with one attached hydrogen (secondary N) is 1. The molecule has 5 aromatic rings. The Balaban J connectivity index is 1.23. The standard InChI is InChI=1S/C31H26N4O2S/c1-21-11-13-23(14-12-21)20-38-31-33-30-28(34-35-31)26-9-5-6-10-27(26)32-29(37-30)24-15-17-25(18-16-24)36-19-22-7-3-2-4-8-22/h2-18,29,32H,19-20H2,1H3/t29-/m0/s1. The lowest BCUT2D eigenvalue weighted by Gasteiger charge is -2.19. The number of ether oxygens (including phenoxy) is 2. The normalized spacial score (nSPS) is 13.9. The summed E-state index contributed by atoms with van der Waals surface area (Å²) < 4.78 is 12.4. The third kappa shape index (κ3) is 5.48. The van der Waals surface area contributed by atoms with Crippen molar-refractivity contribution in [3.63, 3.8) is 0 Å². The number of benzene rings is 4. The van der Waals surface area contributed by atoms with Crippen molar-refractivity contribution in [2.24, 2.45) is 0 Å². The Kier molecular flexibility index (Phi) is 6.91. The first-order chi connectivity index (χ1) is 18.7. The van der Waals surface area contributed by atoms with Gasteiger partial charge in [0.25, 0.3) is 0 Å². The van der Waals surface area contributed by atoms with Gasteiger partial charge in [0.1, 0.15) is 12.4 Å². The van der Waals surface area contributed by atoms with Gasteiger partial charge in [-0.05, 0) is 48.4 Å². The van der Waals surface area contributed by atoms with E-state index in [1.165, 1.54) is 11.1 Å². The van der Waals surface area contributed by atoms with Crippen LogP contribution in [-0.4, -0.2) is 15.2 Å². The monoisotopic (exact) mass is 518 g/mol. The van der Waals surface area contributed by atoms with E-state index in [1.807, 2.05) is 66.7 Å². The van der Waals surface area contributed by atoms with Gasteiger partial charge in [0, 0.05) is 22.6 Å². The van der Waals surface area contributed by atoms with Crippen LogP contribution in [0.15, 0.2) is 108 Å². The largest absolute Gasteiger partial charge is 0.489 e. The Labute approximate surface area is 226 Å². The maximum Gasteiger partial charge on any atom is 0.247 e. The number of hydrogen-bond acceptors (Lipinski definition) is 7. The first kappa shape index (κ1) is 24.0. The smallest absolute Gasteiger partial charge is 0.247 e. The summed E-state index contributed by atoms with van der Waals surface area (Å²) >= 11 is 1.54. The highest BCUT2D eigenvalue weighted by Crippen LogP contribution is 2.39. The van der Waals surface area contributed by atoms with Crippen LogP contribution in [0.4, 0.5) is 5.69 Å². The van der Waals surface area contributed by atoms with Gasteiger partial charge in [-0.2, -0.15) is 4.98 Å². The third-order valence-electron chi connectivity index (χ3n) is 6.25. The first-order valence-electron chi connectivity index (χ1n) is 12.4. The van der Waals surface area contributed by atoms with Crippen molar-refractivity contribution in [2.45, 2.75) is 30.7 Å². The van der Waals surface area contributed by atoms with E-state index in [-0.39, 0.29) is 0 Å². The van der Waals surface area contributed by atoms with Crippen LogP contribution in [0.25, 0.3) is 11.3 Å². The van der Waals surface area contributed by atoms with Crippen LogP contribution in [-0.2, 0) is 12.4 Å². The van der Waals surface area contributed by atoms with Gasteiger partial charge < -0.3 is 14.8 Å². The SMILES string of the molecule is Cc1ccc(CSc2nnc3c(n2)O[C@@H](c2ccc(OCc4ccccc4)cc2)Nc2ccccc2-3)cc1. The quantitative estimate of drug-likeness (QED) is 0.228. The Morgan fingerprint density at radius 3 is 2.39 bits per heavy atom. The molecule has 1 N–H and O–H groups in total. The fourth-order valence-corrected chi connectivity index (χ4v) is 4.91. The van der Waals surface area contributed by atoms with Gasteiger partial charge in [-0.25, -0.2) is 0 Å². The summed E-state index contributed by atoms with van der Waals surface area (Å²) in [5.74, 6) is 2.01. The van der Waals surface area contributed by atoms with Gasteiger partial charge in [0.2, 0.25) is 11.0 Å². The summed E-state index contributed by atoms with van der Waals surface area (Å²) in [5.41, 5.74) is 6.97. The second kappa shape index (κ2) is 10.9. The minimum atomic E-state index is -0.452. The lowest BCUT2D eigenvalue weighted by atomic mass is 10.1. The Morgan fingerprint density at radius 1 is 0.816 bits per heavy atom. The summed E-state index contributed by atoms with van der Waals surface area (Å²) in [6, 6.07) is 34.5. The van der Waals surface area contributed by atoms with E-state index in [9.17, 15) is 0 Å². The summed E-state index contributed by atoms with van der Waals surface area (Å²) in [6.07, 6.45) is -0.452. The van der Waals surface area contributed by atoms with Crippen LogP contribution in [0.2, 0.25) is 0 Å². The molecule has 0 bridgehead atoms. The molecule has 0 saturated heterocycles. The molecule has 0 radical (unpaired) electrons. The van der Waals surface area contributed by atoms with E-state index < -0.39 is 6.23 Å². The minimum Gasteiger partial charge on any atom is -0.489 e. The zero-order valence-corrected chi connectivity index (χ0v) is 21.7. The molecule has 6 rings (SSSR count). The van der Waals surface area contributed by atoms with Crippen molar-refractivity contribution in [2.75, 3.05) is 5.32 Å². The number of rotatable bonds is 7. The molecule has 0 aliphatic carbocycles. The van der Waals surface area contributed by atoms with Crippen molar-refractivity contribution < 1.29 is 9.47 Å². The maximum atomic E-state index is 6.42. The number of nitrogens with zero attached hydrogens (tertiary/aromatic N) is 3. The van der Waals surface area contributed by atoms with Crippen molar-refractivity contribution in [3.8, 4) is 22.9 Å². The third-order valence-corrected chi connectivity index (χ3v) is 7.16. The number of hydrogen-bond donors (Lipinski definition) is 1. The predicted octanol–water partition coefficient (Wildman–Crippen LogP) is 7.22. The number of thioether (sulfide) groups is 1. The molecule has 7 heteroatoms. The van der Waals surface area contributed by atoms with Gasteiger partial charge in [-0.3, -0.25) is 0 Å². The van der Waals surface area contributed by atoms with E-state index in [2.05, 4.69) is 58.8 Å². The van der Waals surface area contributed by atoms with Crippen LogP contribution < -0.4 is 14.8 Å². The van der Waals surface area contributed by atoms with Crippen molar-refractivity contribution in [1.82, 2.24) is 15.2 Å². The molecule has 1 aliphatic heterocycles. The Bertz CT molecular complexity index is 1530. The van der Waals surface area contributed by atoms with Gasteiger partial charge in [0.15, 0.2) is 11.9 Å². The second-order valence-electron chi connectivity index (χ2n) is 9.05. The Hall–Kier alpha value is -4.36. The molecule has 0 unspecified atom stereocenters. The molecule has 1 atom stereocenters. The van der Waals surface area contributed by atoms with Crippen LogP contribution in [0, 0.1) is 6.92 Å². The molecule has 6 nitrogen and oxygen atoms in total. The van der Waals surface area contributed by atoms with Gasteiger partial charge >= 0.3 is 0 Å². The van der Waals surface area contributed by atoms with E-state index in [4.69, 9.17) is 14.5 Å². The van der Waals surface area contributed by atoms with Crippen LogP contribution >= 0.6 is 11.8 Å². The summed E-state index contributed by atoms with van der Waals surface area (Å²) in [5, 5.41) is 13.0. The molecule has 188 valence electrons. The number of fused-ring (bicyclic) bond motifs is 3. The topological polar surface area (TPSA) is 69.2 Å². The van der Waals surface area contributed by atoms with E-state index in [0.717, 1.165) is 33.9 Å². The number of aryl methyl sites for hydroxylation is 1. The molecule has 2 heterocycles. The number of aromatic nitrogens is 3. The summed E-state index contributed by atoms with van der Waals surface area (Å²) in [7, 11) is 0. The lowest BCUT2D eigenvalue weighted by Crippen LogP contribution is -2.17. The van der Waals surface area contributed by atoms with Gasteiger partial charge in [-0.15, -0.1) is 10.2 Å². The highest BCUT2D eigenvalue weighted by Gasteiger charge is 2.26. The molecule has 1 aliphatic rings. The van der Waals surface area contributed by atoms with Crippen molar-refractivity contribution in [3.05, 3.63) is 125 Å². The zero-order chi connectivity index (χ0) is 25.7. The minimum absolute atomic E-state index is 0.452. The average Bonchev–Trinajstić information content (AvgIpc) is 3.13. The lowest BCUT2D eigenvalue weighted by molar-refractivity contribution is 0.225.